The number of carbonyl (C=O) groups excluding carboxylic acids is 1. The van der Waals surface area contributed by atoms with Gasteiger partial charge in [0, 0.05) is 43.9 Å². The molecule has 0 unspecified atom stereocenters. The lowest BCUT2D eigenvalue weighted by atomic mass is 9.87. The number of carbonyl (C=O) groups is 1. The molecule has 31 heavy (non-hydrogen) atoms. The molecule has 1 saturated carbocycles. The number of hydrogen-bond acceptors (Lipinski definition) is 6. The lowest BCUT2D eigenvalue weighted by molar-refractivity contribution is -0.129. The lowest BCUT2D eigenvalue weighted by Gasteiger charge is -2.27. The number of aromatic nitrogens is 4. The number of fused-ring (bicyclic) bond motifs is 1. The number of amides is 1. The molecule has 1 amide bonds. The molecule has 2 fully saturated rings. The Bertz CT molecular complexity index is 947. The van der Waals surface area contributed by atoms with Crippen LogP contribution in [0.5, 0.6) is 0 Å². The number of hydrogen-bond donors (Lipinski definition) is 2. The van der Waals surface area contributed by atoms with Gasteiger partial charge < -0.3 is 15.1 Å². The third-order valence-electron chi connectivity index (χ3n) is 7.05. The number of nitrogens with zero attached hydrogens (tertiary/aromatic N) is 5. The SMILES string of the molecule is CN(C)C(=O)[C@@H]1CCCN1c1nc2c(c(Nc3cc(C4CCCCC4)[nH]n3)n1)CCC2. The molecule has 3 aliphatic rings. The van der Waals surface area contributed by atoms with E-state index in [-0.39, 0.29) is 11.9 Å². The van der Waals surface area contributed by atoms with Gasteiger partial charge in [-0.3, -0.25) is 9.89 Å². The third kappa shape index (κ3) is 4.00. The van der Waals surface area contributed by atoms with E-state index in [4.69, 9.17) is 9.97 Å². The molecule has 2 aromatic rings. The van der Waals surface area contributed by atoms with Crippen molar-refractivity contribution in [3.63, 3.8) is 0 Å². The zero-order valence-electron chi connectivity index (χ0n) is 18.7. The van der Waals surface area contributed by atoms with Gasteiger partial charge in [0.2, 0.25) is 11.9 Å². The van der Waals surface area contributed by atoms with Crippen molar-refractivity contribution in [3.8, 4) is 0 Å². The van der Waals surface area contributed by atoms with E-state index < -0.39 is 0 Å². The van der Waals surface area contributed by atoms with Crippen LogP contribution in [-0.4, -0.2) is 57.7 Å². The molecule has 8 nitrogen and oxygen atoms in total. The average Bonchev–Trinajstić information content (AvgIpc) is 3.53. The van der Waals surface area contributed by atoms with E-state index >= 15 is 0 Å². The Morgan fingerprint density at radius 3 is 2.74 bits per heavy atom. The van der Waals surface area contributed by atoms with Crippen LogP contribution in [0.1, 0.15) is 74.2 Å². The van der Waals surface area contributed by atoms with Crippen molar-refractivity contribution in [2.45, 2.75) is 76.2 Å². The highest BCUT2D eigenvalue weighted by Gasteiger charge is 2.34. The monoisotopic (exact) mass is 423 g/mol. The first-order valence-corrected chi connectivity index (χ1v) is 11.8. The molecule has 2 N–H and O–H groups in total. The number of rotatable bonds is 5. The minimum atomic E-state index is -0.175. The van der Waals surface area contributed by atoms with Gasteiger partial charge in [0.15, 0.2) is 5.82 Å². The molecule has 8 heteroatoms. The first kappa shape index (κ1) is 20.3. The standard InChI is InChI=1S/C23H33N7O/c1-29(2)22(31)19-12-7-13-30(19)23-24-17-11-6-10-16(17)21(26-23)25-20-14-18(27-28-20)15-8-4-3-5-9-15/h14-15,19H,3-13H2,1-2H3,(H2,24,25,26,27,28)/t19-/m0/s1. The van der Waals surface area contributed by atoms with E-state index in [9.17, 15) is 4.79 Å². The largest absolute Gasteiger partial charge is 0.347 e. The Balaban J connectivity index is 1.41. The summed E-state index contributed by atoms with van der Waals surface area (Å²) in [5.41, 5.74) is 3.53. The van der Waals surface area contributed by atoms with E-state index in [1.165, 1.54) is 43.4 Å². The topological polar surface area (TPSA) is 90.0 Å². The molecular weight excluding hydrogens is 390 g/mol. The molecule has 1 atom stereocenters. The van der Waals surface area contributed by atoms with Crippen molar-refractivity contribution in [3.05, 3.63) is 23.0 Å². The van der Waals surface area contributed by atoms with Crippen molar-refractivity contribution in [1.29, 1.82) is 0 Å². The van der Waals surface area contributed by atoms with Crippen LogP contribution in [0.25, 0.3) is 0 Å². The fourth-order valence-corrected chi connectivity index (χ4v) is 5.36. The predicted molar refractivity (Wildman–Crippen MR) is 121 cm³/mol. The molecule has 1 aliphatic heterocycles. The van der Waals surface area contributed by atoms with Crippen molar-refractivity contribution >= 4 is 23.5 Å². The Hall–Kier alpha value is -2.64. The molecule has 3 heterocycles. The smallest absolute Gasteiger partial charge is 0.244 e. The number of aryl methyl sites for hydroxylation is 1. The summed E-state index contributed by atoms with van der Waals surface area (Å²) < 4.78 is 0. The minimum absolute atomic E-state index is 0.125. The van der Waals surface area contributed by atoms with E-state index in [1.54, 1.807) is 4.90 Å². The van der Waals surface area contributed by atoms with Crippen LogP contribution in [0.15, 0.2) is 6.07 Å². The normalized spacial score (nSPS) is 21.4. The Labute approximate surface area is 183 Å². The van der Waals surface area contributed by atoms with Crippen molar-refractivity contribution < 1.29 is 4.79 Å². The van der Waals surface area contributed by atoms with Gasteiger partial charge in [-0.15, -0.1) is 0 Å². The summed E-state index contributed by atoms with van der Waals surface area (Å²) in [5, 5.41) is 11.3. The zero-order valence-corrected chi connectivity index (χ0v) is 18.7. The van der Waals surface area contributed by atoms with Crippen LogP contribution in [0.4, 0.5) is 17.6 Å². The van der Waals surface area contributed by atoms with Crippen molar-refractivity contribution in [1.82, 2.24) is 25.1 Å². The van der Waals surface area contributed by atoms with Gasteiger partial charge in [0.1, 0.15) is 11.9 Å². The van der Waals surface area contributed by atoms with Crippen LogP contribution >= 0.6 is 0 Å². The molecule has 0 spiro atoms. The van der Waals surface area contributed by atoms with Crippen LogP contribution in [-0.2, 0) is 17.6 Å². The van der Waals surface area contributed by atoms with Gasteiger partial charge in [-0.1, -0.05) is 19.3 Å². The summed E-state index contributed by atoms with van der Waals surface area (Å²) >= 11 is 0. The van der Waals surface area contributed by atoms with Crippen LogP contribution in [0.3, 0.4) is 0 Å². The fourth-order valence-electron chi connectivity index (χ4n) is 5.36. The summed E-state index contributed by atoms with van der Waals surface area (Å²) in [7, 11) is 3.63. The van der Waals surface area contributed by atoms with Gasteiger partial charge in [-0.05, 0) is 44.9 Å². The van der Waals surface area contributed by atoms with Gasteiger partial charge in [-0.25, -0.2) is 4.98 Å². The van der Waals surface area contributed by atoms with E-state index in [2.05, 4.69) is 26.5 Å². The molecule has 0 aromatic carbocycles. The number of nitrogens with one attached hydrogen (secondary N) is 2. The van der Waals surface area contributed by atoms with Crippen molar-refractivity contribution in [2.75, 3.05) is 30.9 Å². The molecule has 0 radical (unpaired) electrons. The summed E-state index contributed by atoms with van der Waals surface area (Å²) in [6.45, 7) is 0.816. The summed E-state index contributed by atoms with van der Waals surface area (Å²) in [5.74, 6) is 3.05. The highest BCUT2D eigenvalue weighted by molar-refractivity contribution is 5.85. The predicted octanol–water partition coefficient (Wildman–Crippen LogP) is 3.54. The van der Waals surface area contributed by atoms with Crippen LogP contribution < -0.4 is 10.2 Å². The third-order valence-corrected chi connectivity index (χ3v) is 7.05. The highest BCUT2D eigenvalue weighted by atomic mass is 16.2. The maximum Gasteiger partial charge on any atom is 0.244 e. The Morgan fingerprint density at radius 1 is 1.10 bits per heavy atom. The molecule has 0 bridgehead atoms. The first-order valence-electron chi connectivity index (χ1n) is 11.8. The first-order chi connectivity index (χ1) is 15.1. The Kier molecular flexibility index (Phi) is 5.54. The number of H-pyrrole nitrogens is 1. The van der Waals surface area contributed by atoms with E-state index in [1.807, 2.05) is 14.1 Å². The second-order valence-corrected chi connectivity index (χ2v) is 9.40. The maximum absolute atomic E-state index is 12.7. The Morgan fingerprint density at radius 2 is 1.94 bits per heavy atom. The van der Waals surface area contributed by atoms with E-state index in [0.717, 1.165) is 56.0 Å². The second kappa shape index (κ2) is 8.48. The molecule has 2 aliphatic carbocycles. The molecule has 166 valence electrons. The second-order valence-electron chi connectivity index (χ2n) is 9.40. The highest BCUT2D eigenvalue weighted by Crippen LogP contribution is 2.35. The van der Waals surface area contributed by atoms with Crippen LogP contribution in [0, 0.1) is 0 Å². The molecule has 5 rings (SSSR count). The molecule has 2 aromatic heterocycles. The quantitative estimate of drug-likeness (QED) is 0.765. The lowest BCUT2D eigenvalue weighted by Crippen LogP contribution is -2.43. The zero-order chi connectivity index (χ0) is 21.4. The molecular formula is C23H33N7O. The van der Waals surface area contributed by atoms with E-state index in [0.29, 0.717) is 11.9 Å². The van der Waals surface area contributed by atoms with Gasteiger partial charge in [0.25, 0.3) is 0 Å². The minimum Gasteiger partial charge on any atom is -0.347 e. The van der Waals surface area contributed by atoms with Gasteiger partial charge in [0.05, 0.1) is 5.69 Å². The number of aromatic amines is 1. The van der Waals surface area contributed by atoms with Gasteiger partial charge >= 0.3 is 0 Å². The summed E-state index contributed by atoms with van der Waals surface area (Å²) in [6.07, 6.45) is 11.3. The van der Waals surface area contributed by atoms with Crippen LogP contribution in [0.2, 0.25) is 0 Å². The summed E-state index contributed by atoms with van der Waals surface area (Å²) in [6, 6.07) is 1.97. The summed E-state index contributed by atoms with van der Waals surface area (Å²) in [4.78, 5) is 26.2. The number of anilines is 3. The molecule has 1 saturated heterocycles. The average molecular weight is 424 g/mol. The van der Waals surface area contributed by atoms with Crippen molar-refractivity contribution in [2.24, 2.45) is 0 Å². The fraction of sp³-hybridized carbons (Fsp3) is 0.652. The maximum atomic E-state index is 12.7. The van der Waals surface area contributed by atoms with Gasteiger partial charge in [-0.2, -0.15) is 10.1 Å². The number of likely N-dealkylation sites (N-methyl/N-ethyl adjacent to an activating group) is 1.